The zero-order valence-electron chi connectivity index (χ0n) is 13.2. The van der Waals surface area contributed by atoms with Gasteiger partial charge in [0.05, 0.1) is 0 Å². The lowest BCUT2D eigenvalue weighted by Gasteiger charge is -2.38. The average molecular weight is 315 g/mol. The quantitative estimate of drug-likeness (QED) is 0.855. The number of rotatable bonds is 2. The zero-order valence-corrected chi connectivity index (χ0v) is 14.1. The number of likely N-dealkylation sites (N-methyl/N-ethyl adjacent to an activating group) is 1. The first-order valence-corrected chi connectivity index (χ1v) is 8.44. The van der Waals surface area contributed by atoms with Gasteiger partial charge in [0.1, 0.15) is 5.01 Å². The number of aryl methyl sites for hydroxylation is 1. The molecule has 1 saturated heterocycles. The minimum absolute atomic E-state index is 0.127. The van der Waals surface area contributed by atoms with Crippen molar-refractivity contribution >= 4 is 17.2 Å². The molecule has 0 aliphatic carbocycles. The fourth-order valence-electron chi connectivity index (χ4n) is 2.85. The number of carbonyl (C=O) groups excluding carboxylic acids is 1. The topological polar surface area (TPSA) is 36.4 Å². The minimum atomic E-state index is 0.127. The number of nitrogens with zero attached hydrogens (tertiary/aromatic N) is 3. The highest BCUT2D eigenvalue weighted by molar-refractivity contribution is 7.13. The van der Waals surface area contributed by atoms with E-state index >= 15 is 0 Å². The van der Waals surface area contributed by atoms with Crippen LogP contribution in [0.25, 0.3) is 10.6 Å². The summed E-state index contributed by atoms with van der Waals surface area (Å²) in [4.78, 5) is 21.4. The summed E-state index contributed by atoms with van der Waals surface area (Å²) in [5.74, 6) is 0.127. The van der Waals surface area contributed by atoms with Gasteiger partial charge in [-0.15, -0.1) is 11.3 Å². The Bertz CT molecular complexity index is 665. The fourth-order valence-corrected chi connectivity index (χ4v) is 3.65. The summed E-state index contributed by atoms with van der Waals surface area (Å²) < 4.78 is 0. The maximum absolute atomic E-state index is 12.7. The Morgan fingerprint density at radius 1 is 1.27 bits per heavy atom. The Kier molecular flexibility index (Phi) is 4.27. The number of aromatic nitrogens is 1. The van der Waals surface area contributed by atoms with Crippen LogP contribution >= 0.6 is 11.3 Å². The maximum Gasteiger partial charge on any atom is 0.254 e. The van der Waals surface area contributed by atoms with Crippen LogP contribution in [-0.4, -0.2) is 53.4 Å². The van der Waals surface area contributed by atoms with Gasteiger partial charge < -0.3 is 9.80 Å². The van der Waals surface area contributed by atoms with Gasteiger partial charge in [-0.2, -0.15) is 0 Å². The van der Waals surface area contributed by atoms with Crippen molar-refractivity contribution in [1.29, 1.82) is 0 Å². The summed E-state index contributed by atoms with van der Waals surface area (Å²) in [5.41, 5.74) is 2.86. The molecular weight excluding hydrogens is 294 g/mol. The van der Waals surface area contributed by atoms with Crippen molar-refractivity contribution in [2.24, 2.45) is 0 Å². The minimum Gasteiger partial charge on any atom is -0.333 e. The van der Waals surface area contributed by atoms with Crippen molar-refractivity contribution in [3.8, 4) is 10.6 Å². The molecule has 2 heterocycles. The SMILES string of the molecule is Cc1csc(-c2ccc(C(=O)N3CCN(C)C[C@@H]3C)cc2)n1. The van der Waals surface area contributed by atoms with Crippen LogP contribution in [0.3, 0.4) is 0 Å². The number of amides is 1. The van der Waals surface area contributed by atoms with Crippen LogP contribution in [0.15, 0.2) is 29.6 Å². The molecule has 1 fully saturated rings. The first-order valence-electron chi connectivity index (χ1n) is 7.56. The summed E-state index contributed by atoms with van der Waals surface area (Å²) in [7, 11) is 2.10. The van der Waals surface area contributed by atoms with Gasteiger partial charge in [0.25, 0.3) is 5.91 Å². The van der Waals surface area contributed by atoms with E-state index in [0.717, 1.165) is 41.5 Å². The molecule has 1 aliphatic heterocycles. The number of piperazine rings is 1. The Balaban J connectivity index is 1.76. The first-order chi connectivity index (χ1) is 10.5. The summed E-state index contributed by atoms with van der Waals surface area (Å²) in [6, 6.07) is 8.07. The van der Waals surface area contributed by atoms with E-state index in [1.54, 1.807) is 11.3 Å². The number of benzene rings is 1. The van der Waals surface area contributed by atoms with Crippen molar-refractivity contribution < 1.29 is 4.79 Å². The predicted molar refractivity (Wildman–Crippen MR) is 90.3 cm³/mol. The van der Waals surface area contributed by atoms with E-state index in [0.29, 0.717) is 0 Å². The molecule has 0 unspecified atom stereocenters. The van der Waals surface area contributed by atoms with Crippen molar-refractivity contribution in [2.75, 3.05) is 26.7 Å². The molecule has 0 spiro atoms. The zero-order chi connectivity index (χ0) is 15.7. The number of carbonyl (C=O) groups is 1. The summed E-state index contributed by atoms with van der Waals surface area (Å²) in [5, 5.41) is 3.05. The van der Waals surface area contributed by atoms with Crippen molar-refractivity contribution in [3.05, 3.63) is 40.9 Å². The first kappa shape index (κ1) is 15.2. The Morgan fingerprint density at radius 2 is 2.00 bits per heavy atom. The van der Waals surface area contributed by atoms with Crippen LogP contribution in [0.1, 0.15) is 23.0 Å². The van der Waals surface area contributed by atoms with Crippen molar-refractivity contribution in [1.82, 2.24) is 14.8 Å². The highest BCUT2D eigenvalue weighted by Gasteiger charge is 2.26. The van der Waals surface area contributed by atoms with Gasteiger partial charge in [0.2, 0.25) is 0 Å². The monoisotopic (exact) mass is 315 g/mol. The molecule has 22 heavy (non-hydrogen) atoms. The second kappa shape index (κ2) is 6.18. The third kappa shape index (κ3) is 3.05. The molecule has 2 aromatic rings. The largest absolute Gasteiger partial charge is 0.333 e. The van der Waals surface area contributed by atoms with E-state index in [1.807, 2.05) is 41.5 Å². The summed E-state index contributed by atoms with van der Waals surface area (Å²) in [6.45, 7) is 6.77. The number of hydrogen-bond acceptors (Lipinski definition) is 4. The van der Waals surface area contributed by atoms with Crippen LogP contribution in [0.2, 0.25) is 0 Å². The normalized spacial score (nSPS) is 19.4. The van der Waals surface area contributed by atoms with Gasteiger partial charge in [0.15, 0.2) is 0 Å². The van der Waals surface area contributed by atoms with Crippen LogP contribution in [-0.2, 0) is 0 Å². The van der Waals surface area contributed by atoms with Crippen LogP contribution < -0.4 is 0 Å². The molecule has 1 aliphatic rings. The highest BCUT2D eigenvalue weighted by Crippen LogP contribution is 2.24. The molecule has 5 heteroatoms. The molecule has 0 radical (unpaired) electrons. The smallest absolute Gasteiger partial charge is 0.254 e. The molecule has 116 valence electrons. The van der Waals surface area contributed by atoms with E-state index in [9.17, 15) is 4.79 Å². The van der Waals surface area contributed by atoms with Crippen molar-refractivity contribution in [3.63, 3.8) is 0 Å². The molecule has 1 amide bonds. The highest BCUT2D eigenvalue weighted by atomic mass is 32.1. The lowest BCUT2D eigenvalue weighted by molar-refractivity contribution is 0.0533. The van der Waals surface area contributed by atoms with E-state index < -0.39 is 0 Å². The third-order valence-corrected chi connectivity index (χ3v) is 5.10. The summed E-state index contributed by atoms with van der Waals surface area (Å²) >= 11 is 1.63. The molecule has 0 saturated carbocycles. The maximum atomic E-state index is 12.7. The van der Waals surface area contributed by atoms with E-state index in [1.165, 1.54) is 0 Å². The van der Waals surface area contributed by atoms with Gasteiger partial charge in [0, 0.05) is 47.9 Å². The predicted octanol–water partition coefficient (Wildman–Crippen LogP) is 2.89. The molecule has 1 aromatic heterocycles. The van der Waals surface area contributed by atoms with E-state index in [-0.39, 0.29) is 11.9 Å². The number of hydrogen-bond donors (Lipinski definition) is 0. The van der Waals surface area contributed by atoms with Crippen LogP contribution in [0, 0.1) is 6.92 Å². The molecule has 1 aromatic carbocycles. The molecular formula is C17H21N3OS. The fraction of sp³-hybridized carbons (Fsp3) is 0.412. The molecule has 0 N–H and O–H groups in total. The summed E-state index contributed by atoms with van der Waals surface area (Å²) in [6.07, 6.45) is 0. The van der Waals surface area contributed by atoms with E-state index in [2.05, 4.69) is 23.9 Å². The van der Waals surface area contributed by atoms with Crippen molar-refractivity contribution in [2.45, 2.75) is 19.9 Å². The Labute approximate surface area is 135 Å². The van der Waals surface area contributed by atoms with Gasteiger partial charge in [-0.1, -0.05) is 12.1 Å². The molecule has 4 nitrogen and oxygen atoms in total. The Morgan fingerprint density at radius 3 is 2.59 bits per heavy atom. The standard InChI is InChI=1S/C17H21N3OS/c1-12-11-22-16(18-12)14-4-6-15(7-5-14)17(21)20-9-8-19(3)10-13(20)2/h4-7,11,13H,8-10H2,1-3H3/t13-/m0/s1. The van der Waals surface area contributed by atoms with Gasteiger partial charge in [-0.25, -0.2) is 4.98 Å². The lowest BCUT2D eigenvalue weighted by atomic mass is 10.1. The second-order valence-electron chi connectivity index (χ2n) is 5.98. The molecule has 0 bridgehead atoms. The van der Waals surface area contributed by atoms with Gasteiger partial charge in [-0.3, -0.25) is 4.79 Å². The van der Waals surface area contributed by atoms with Gasteiger partial charge >= 0.3 is 0 Å². The Hall–Kier alpha value is -1.72. The van der Waals surface area contributed by atoms with Gasteiger partial charge in [-0.05, 0) is 33.0 Å². The molecule has 3 rings (SSSR count). The lowest BCUT2D eigenvalue weighted by Crippen LogP contribution is -2.52. The second-order valence-corrected chi connectivity index (χ2v) is 6.84. The number of thiazole rings is 1. The van der Waals surface area contributed by atoms with Crippen LogP contribution in [0.4, 0.5) is 0 Å². The third-order valence-electron chi connectivity index (χ3n) is 4.09. The van der Waals surface area contributed by atoms with E-state index in [4.69, 9.17) is 0 Å². The van der Waals surface area contributed by atoms with Crippen LogP contribution in [0.5, 0.6) is 0 Å². The average Bonchev–Trinajstić information content (AvgIpc) is 2.93. The molecule has 1 atom stereocenters.